The topological polar surface area (TPSA) is 38.3 Å². The number of nitrogens with one attached hydrogen (secondary N) is 1. The number of fused-ring (bicyclic) bond motifs is 2. The van der Waals surface area contributed by atoms with E-state index in [4.69, 9.17) is 8.83 Å². The van der Waals surface area contributed by atoms with Gasteiger partial charge in [0.2, 0.25) is 0 Å². The lowest BCUT2D eigenvalue weighted by molar-refractivity contribution is 0.570. The predicted molar refractivity (Wildman–Crippen MR) is 82.4 cm³/mol. The number of rotatable bonds is 4. The van der Waals surface area contributed by atoms with Gasteiger partial charge in [-0.3, -0.25) is 0 Å². The maximum atomic E-state index is 5.97. The van der Waals surface area contributed by atoms with Gasteiger partial charge in [-0.05, 0) is 59.3 Å². The minimum absolute atomic E-state index is 0.961. The first-order valence-corrected chi connectivity index (χ1v) is 7.18. The average Bonchev–Trinajstić information content (AvgIpc) is 2.97. The summed E-state index contributed by atoms with van der Waals surface area (Å²) < 4.78 is 11.9. The lowest BCUT2D eigenvalue weighted by Gasteiger charge is -2.06. The highest BCUT2D eigenvalue weighted by atomic mass is 16.3. The zero-order valence-electron chi connectivity index (χ0n) is 12.6. The second-order valence-corrected chi connectivity index (χ2v) is 5.51. The van der Waals surface area contributed by atoms with Crippen molar-refractivity contribution in [2.45, 2.75) is 33.6 Å². The summed E-state index contributed by atoms with van der Waals surface area (Å²) in [6.07, 6.45) is 2.09. The zero-order valence-corrected chi connectivity index (χ0v) is 12.6. The summed E-state index contributed by atoms with van der Waals surface area (Å²) in [4.78, 5) is 0. The van der Waals surface area contributed by atoms with Crippen LogP contribution >= 0.6 is 0 Å². The van der Waals surface area contributed by atoms with Crippen LogP contribution in [-0.4, -0.2) is 13.6 Å². The van der Waals surface area contributed by atoms with E-state index >= 15 is 0 Å². The second-order valence-electron chi connectivity index (χ2n) is 5.51. The molecule has 0 radical (unpaired) electrons. The van der Waals surface area contributed by atoms with Gasteiger partial charge in [-0.15, -0.1) is 0 Å². The third-order valence-electron chi connectivity index (χ3n) is 3.91. The van der Waals surface area contributed by atoms with Crippen LogP contribution in [0.2, 0.25) is 0 Å². The van der Waals surface area contributed by atoms with Gasteiger partial charge >= 0.3 is 0 Å². The van der Waals surface area contributed by atoms with Crippen LogP contribution < -0.4 is 5.32 Å². The molecule has 3 nitrogen and oxygen atoms in total. The highest BCUT2D eigenvalue weighted by molar-refractivity contribution is 6.01. The number of benzene rings is 1. The fourth-order valence-corrected chi connectivity index (χ4v) is 2.97. The van der Waals surface area contributed by atoms with Crippen molar-refractivity contribution in [3.63, 3.8) is 0 Å². The quantitative estimate of drug-likeness (QED) is 0.721. The van der Waals surface area contributed by atoms with Crippen LogP contribution in [0.15, 0.2) is 21.0 Å². The van der Waals surface area contributed by atoms with E-state index in [0.29, 0.717) is 0 Å². The molecule has 0 fully saturated rings. The average molecular weight is 271 g/mol. The van der Waals surface area contributed by atoms with Gasteiger partial charge in [-0.1, -0.05) is 0 Å². The fraction of sp³-hybridized carbons (Fsp3) is 0.412. The van der Waals surface area contributed by atoms with E-state index in [2.05, 4.69) is 24.4 Å². The minimum Gasteiger partial charge on any atom is -0.461 e. The number of hydrogen-bond acceptors (Lipinski definition) is 3. The van der Waals surface area contributed by atoms with Crippen molar-refractivity contribution in [1.29, 1.82) is 0 Å². The van der Waals surface area contributed by atoms with Crippen LogP contribution in [0.25, 0.3) is 21.9 Å². The molecule has 0 aliphatic rings. The van der Waals surface area contributed by atoms with Gasteiger partial charge in [0.05, 0.1) is 0 Å². The summed E-state index contributed by atoms with van der Waals surface area (Å²) in [5.41, 5.74) is 4.50. The third-order valence-corrected chi connectivity index (χ3v) is 3.91. The van der Waals surface area contributed by atoms with Crippen LogP contribution in [0, 0.1) is 20.8 Å². The smallest absolute Gasteiger partial charge is 0.138 e. The lowest BCUT2D eigenvalue weighted by atomic mass is 9.99. The Bertz CT molecular complexity index is 707. The Morgan fingerprint density at radius 1 is 0.950 bits per heavy atom. The third kappa shape index (κ3) is 2.02. The van der Waals surface area contributed by atoms with Gasteiger partial charge in [0.1, 0.15) is 22.7 Å². The maximum absolute atomic E-state index is 5.97. The first kappa shape index (κ1) is 13.3. The molecule has 2 aromatic heterocycles. The number of aryl methyl sites for hydroxylation is 4. The molecule has 0 aliphatic carbocycles. The normalized spacial score (nSPS) is 11.8. The summed E-state index contributed by atoms with van der Waals surface area (Å²) in [6, 6.07) is 4.25. The summed E-state index contributed by atoms with van der Waals surface area (Å²) in [7, 11) is 1.99. The van der Waals surface area contributed by atoms with Crippen molar-refractivity contribution in [2.24, 2.45) is 0 Å². The lowest BCUT2D eigenvalue weighted by Crippen LogP contribution is -2.08. The summed E-state index contributed by atoms with van der Waals surface area (Å²) >= 11 is 0. The van der Waals surface area contributed by atoms with Crippen molar-refractivity contribution in [3.8, 4) is 0 Å². The molecule has 2 heterocycles. The minimum atomic E-state index is 0.961. The summed E-state index contributed by atoms with van der Waals surface area (Å²) in [5.74, 6) is 1.92. The molecule has 106 valence electrons. The molecule has 20 heavy (non-hydrogen) atoms. The van der Waals surface area contributed by atoms with Crippen molar-refractivity contribution in [3.05, 3.63) is 34.8 Å². The number of hydrogen-bond donors (Lipinski definition) is 1. The zero-order chi connectivity index (χ0) is 14.3. The Kier molecular flexibility index (Phi) is 3.30. The van der Waals surface area contributed by atoms with Crippen LogP contribution in [0.4, 0.5) is 0 Å². The maximum Gasteiger partial charge on any atom is 0.138 e. The van der Waals surface area contributed by atoms with Crippen molar-refractivity contribution >= 4 is 21.9 Å². The van der Waals surface area contributed by atoms with Crippen LogP contribution in [0.3, 0.4) is 0 Å². The van der Waals surface area contributed by atoms with Crippen LogP contribution in [0.5, 0.6) is 0 Å². The van der Waals surface area contributed by atoms with E-state index in [-0.39, 0.29) is 0 Å². The summed E-state index contributed by atoms with van der Waals surface area (Å²) in [5, 5.41) is 5.59. The molecule has 0 aliphatic heterocycles. The predicted octanol–water partition coefficient (Wildman–Crippen LogP) is 4.26. The van der Waals surface area contributed by atoms with Crippen molar-refractivity contribution in [2.75, 3.05) is 13.6 Å². The van der Waals surface area contributed by atoms with Gasteiger partial charge in [0.25, 0.3) is 0 Å². The van der Waals surface area contributed by atoms with Gasteiger partial charge in [-0.25, -0.2) is 0 Å². The molecule has 1 N–H and O–H groups in total. The molecule has 0 unspecified atom stereocenters. The largest absolute Gasteiger partial charge is 0.461 e. The van der Waals surface area contributed by atoms with Crippen LogP contribution in [-0.2, 0) is 6.42 Å². The Morgan fingerprint density at radius 2 is 1.60 bits per heavy atom. The SMILES string of the molecule is CNCCCc1c2cc(C)oc2c(C)c2cc(C)oc12. The second kappa shape index (κ2) is 4.98. The molecule has 1 aromatic carbocycles. The first-order chi connectivity index (χ1) is 9.61. The standard InChI is InChI=1S/C17H21NO2/c1-10-8-14-12(3)16-15(9-11(2)19-16)13(17(14)20-10)6-5-7-18-4/h8-9,18H,5-7H2,1-4H3. The Hall–Kier alpha value is -1.74. The molecule has 3 aromatic rings. The molecule has 0 saturated carbocycles. The number of furan rings is 2. The highest BCUT2D eigenvalue weighted by Gasteiger charge is 2.18. The molecule has 3 rings (SSSR count). The highest BCUT2D eigenvalue weighted by Crippen LogP contribution is 2.36. The summed E-state index contributed by atoms with van der Waals surface area (Å²) in [6.45, 7) is 7.13. The molecule has 3 heteroatoms. The molecule has 0 atom stereocenters. The monoisotopic (exact) mass is 271 g/mol. The molecule has 0 saturated heterocycles. The van der Waals surface area contributed by atoms with E-state index in [9.17, 15) is 0 Å². The van der Waals surface area contributed by atoms with Gasteiger partial charge in [0.15, 0.2) is 0 Å². The van der Waals surface area contributed by atoms with Crippen molar-refractivity contribution in [1.82, 2.24) is 5.32 Å². The molecule has 0 bridgehead atoms. The van der Waals surface area contributed by atoms with E-state index < -0.39 is 0 Å². The van der Waals surface area contributed by atoms with Crippen molar-refractivity contribution < 1.29 is 8.83 Å². The van der Waals surface area contributed by atoms with Gasteiger partial charge < -0.3 is 14.2 Å². The van der Waals surface area contributed by atoms with Crippen LogP contribution in [0.1, 0.15) is 29.1 Å². The van der Waals surface area contributed by atoms with E-state index in [1.165, 1.54) is 21.9 Å². The van der Waals surface area contributed by atoms with E-state index in [1.54, 1.807) is 0 Å². The Morgan fingerprint density at radius 3 is 2.30 bits per heavy atom. The van der Waals surface area contributed by atoms with E-state index in [1.807, 2.05) is 20.9 Å². The van der Waals surface area contributed by atoms with Gasteiger partial charge in [0, 0.05) is 21.9 Å². The molecule has 0 amide bonds. The first-order valence-electron chi connectivity index (χ1n) is 7.18. The van der Waals surface area contributed by atoms with Gasteiger partial charge in [-0.2, -0.15) is 0 Å². The fourth-order valence-electron chi connectivity index (χ4n) is 2.97. The van der Waals surface area contributed by atoms with E-state index in [0.717, 1.165) is 42.1 Å². The molecule has 0 spiro atoms. The Balaban J connectivity index is 2.27. The molecular weight excluding hydrogens is 250 g/mol. The Labute approximate surface area is 118 Å². The molecular formula is C17H21NO2.